The van der Waals surface area contributed by atoms with Crippen molar-refractivity contribution < 1.29 is 14.7 Å². The fourth-order valence-electron chi connectivity index (χ4n) is 3.01. The van der Waals surface area contributed by atoms with E-state index in [9.17, 15) is 14.7 Å². The third kappa shape index (κ3) is 4.35. The third-order valence-electron chi connectivity index (χ3n) is 4.67. The number of nitrogens with one attached hydrogen (secondary N) is 1. The van der Waals surface area contributed by atoms with E-state index in [2.05, 4.69) is 12.2 Å². The van der Waals surface area contributed by atoms with Gasteiger partial charge in [-0.1, -0.05) is 39.0 Å². The Hall–Kier alpha value is -1.88. The van der Waals surface area contributed by atoms with Gasteiger partial charge in [0.25, 0.3) is 0 Å². The third-order valence-corrected chi connectivity index (χ3v) is 4.67. The van der Waals surface area contributed by atoms with Gasteiger partial charge in [-0.15, -0.1) is 0 Å². The van der Waals surface area contributed by atoms with Crippen LogP contribution < -0.4 is 10.2 Å². The van der Waals surface area contributed by atoms with Crippen LogP contribution in [0.5, 0.6) is 0 Å². The van der Waals surface area contributed by atoms with Crippen LogP contribution in [0.3, 0.4) is 0 Å². The van der Waals surface area contributed by atoms with Gasteiger partial charge < -0.3 is 15.3 Å². The first-order valence-electron chi connectivity index (χ1n) is 8.78. The van der Waals surface area contributed by atoms with Crippen molar-refractivity contribution in [2.45, 2.75) is 46.1 Å². The molecule has 5 heteroatoms. The van der Waals surface area contributed by atoms with Gasteiger partial charge in [0.15, 0.2) is 0 Å². The first-order chi connectivity index (χ1) is 11.4. The van der Waals surface area contributed by atoms with Crippen LogP contribution in [-0.4, -0.2) is 36.1 Å². The second kappa shape index (κ2) is 8.29. The summed E-state index contributed by atoms with van der Waals surface area (Å²) in [5.41, 5.74) is 2.03. The SMILES string of the molecule is CCc1ccccc1N1CC(C(=O)NCCC(O)C(C)C)CC1=O. The molecule has 2 amide bonds. The summed E-state index contributed by atoms with van der Waals surface area (Å²) in [6.07, 6.45) is 1.22. The van der Waals surface area contributed by atoms with E-state index < -0.39 is 6.10 Å². The van der Waals surface area contributed by atoms with Gasteiger partial charge in [0.05, 0.1) is 12.0 Å². The molecule has 1 aromatic rings. The molecule has 24 heavy (non-hydrogen) atoms. The summed E-state index contributed by atoms with van der Waals surface area (Å²) in [6, 6.07) is 7.84. The van der Waals surface area contributed by atoms with Crippen LogP contribution in [0.1, 0.15) is 39.2 Å². The van der Waals surface area contributed by atoms with Crippen molar-refractivity contribution in [3.05, 3.63) is 29.8 Å². The number of anilines is 1. The lowest BCUT2D eigenvalue weighted by molar-refractivity contribution is -0.126. The van der Waals surface area contributed by atoms with Gasteiger partial charge in [0.2, 0.25) is 11.8 Å². The monoisotopic (exact) mass is 332 g/mol. The van der Waals surface area contributed by atoms with E-state index in [1.165, 1.54) is 0 Å². The maximum Gasteiger partial charge on any atom is 0.227 e. The van der Waals surface area contributed by atoms with Crippen LogP contribution in [-0.2, 0) is 16.0 Å². The van der Waals surface area contributed by atoms with Crippen molar-refractivity contribution >= 4 is 17.5 Å². The van der Waals surface area contributed by atoms with Crippen LogP contribution in [0.4, 0.5) is 5.69 Å². The molecule has 0 aromatic heterocycles. The van der Waals surface area contributed by atoms with Crippen molar-refractivity contribution in [3.63, 3.8) is 0 Å². The number of hydrogen-bond acceptors (Lipinski definition) is 3. The molecule has 2 unspecified atom stereocenters. The largest absolute Gasteiger partial charge is 0.393 e. The van der Waals surface area contributed by atoms with E-state index in [0.29, 0.717) is 19.5 Å². The fraction of sp³-hybridized carbons (Fsp3) is 0.579. The van der Waals surface area contributed by atoms with E-state index in [1.54, 1.807) is 4.90 Å². The van der Waals surface area contributed by atoms with E-state index in [-0.39, 0.29) is 30.1 Å². The topological polar surface area (TPSA) is 69.6 Å². The number of carbonyl (C=O) groups is 2. The zero-order valence-electron chi connectivity index (χ0n) is 14.8. The van der Waals surface area contributed by atoms with E-state index in [1.807, 2.05) is 38.1 Å². The van der Waals surface area contributed by atoms with Crippen LogP contribution >= 0.6 is 0 Å². The molecule has 2 atom stereocenters. The van der Waals surface area contributed by atoms with Gasteiger partial charge in [-0.3, -0.25) is 9.59 Å². The highest BCUT2D eigenvalue weighted by atomic mass is 16.3. The Morgan fingerprint density at radius 3 is 2.75 bits per heavy atom. The lowest BCUT2D eigenvalue weighted by Gasteiger charge is -2.20. The predicted octanol–water partition coefficient (Wildman–Crippen LogP) is 2.13. The van der Waals surface area contributed by atoms with E-state index in [0.717, 1.165) is 17.7 Å². The Labute approximate surface area is 144 Å². The summed E-state index contributed by atoms with van der Waals surface area (Å²) in [6.45, 7) is 6.82. The van der Waals surface area contributed by atoms with Gasteiger partial charge in [-0.2, -0.15) is 0 Å². The van der Waals surface area contributed by atoms with Crippen molar-refractivity contribution in [2.75, 3.05) is 18.0 Å². The fourth-order valence-corrected chi connectivity index (χ4v) is 3.01. The summed E-state index contributed by atoms with van der Waals surface area (Å²) in [5.74, 6) is -0.247. The molecule has 1 heterocycles. The van der Waals surface area contributed by atoms with Crippen LogP contribution in [0, 0.1) is 11.8 Å². The lowest BCUT2D eigenvalue weighted by atomic mass is 10.0. The molecule has 2 rings (SSSR count). The summed E-state index contributed by atoms with van der Waals surface area (Å²) in [4.78, 5) is 26.4. The summed E-state index contributed by atoms with van der Waals surface area (Å²) in [5, 5.41) is 12.6. The average Bonchev–Trinajstić information content (AvgIpc) is 2.96. The van der Waals surface area contributed by atoms with Crippen LogP contribution in [0.25, 0.3) is 0 Å². The molecular weight excluding hydrogens is 304 g/mol. The number of hydrogen-bond donors (Lipinski definition) is 2. The smallest absolute Gasteiger partial charge is 0.227 e. The Morgan fingerprint density at radius 2 is 2.08 bits per heavy atom. The zero-order valence-corrected chi connectivity index (χ0v) is 14.8. The van der Waals surface area contributed by atoms with Crippen molar-refractivity contribution in [1.82, 2.24) is 5.32 Å². The minimum Gasteiger partial charge on any atom is -0.393 e. The Bertz CT molecular complexity index is 586. The molecule has 1 aromatic carbocycles. The first-order valence-corrected chi connectivity index (χ1v) is 8.78. The number of aliphatic hydroxyl groups is 1. The standard InChI is InChI=1S/C19H28N2O3/c1-4-14-7-5-6-8-16(14)21-12-15(11-18(21)23)19(24)20-10-9-17(22)13(2)3/h5-8,13,15,17,22H,4,9-12H2,1-3H3,(H,20,24). The highest BCUT2D eigenvalue weighted by Crippen LogP contribution is 2.28. The number of benzene rings is 1. The van der Waals surface area contributed by atoms with Crippen molar-refractivity contribution in [2.24, 2.45) is 11.8 Å². The van der Waals surface area contributed by atoms with E-state index >= 15 is 0 Å². The summed E-state index contributed by atoms with van der Waals surface area (Å²) in [7, 11) is 0. The van der Waals surface area contributed by atoms with E-state index in [4.69, 9.17) is 0 Å². The molecule has 1 saturated heterocycles. The van der Waals surface area contributed by atoms with Crippen LogP contribution in [0.15, 0.2) is 24.3 Å². The van der Waals surface area contributed by atoms with Gasteiger partial charge in [-0.25, -0.2) is 0 Å². The van der Waals surface area contributed by atoms with Gasteiger partial charge in [0, 0.05) is 25.2 Å². The Balaban J connectivity index is 1.93. The van der Waals surface area contributed by atoms with Gasteiger partial charge >= 0.3 is 0 Å². The number of carbonyl (C=O) groups excluding carboxylic acids is 2. The molecule has 1 aliphatic rings. The van der Waals surface area contributed by atoms with Crippen LogP contribution in [0.2, 0.25) is 0 Å². The lowest BCUT2D eigenvalue weighted by Crippen LogP contribution is -2.35. The average molecular weight is 332 g/mol. The first kappa shape index (κ1) is 18.5. The summed E-state index contributed by atoms with van der Waals surface area (Å²) < 4.78 is 0. The molecule has 5 nitrogen and oxygen atoms in total. The summed E-state index contributed by atoms with van der Waals surface area (Å²) >= 11 is 0. The molecular formula is C19H28N2O3. The molecule has 132 valence electrons. The molecule has 1 fully saturated rings. The predicted molar refractivity (Wildman–Crippen MR) is 94.8 cm³/mol. The second-order valence-corrected chi connectivity index (χ2v) is 6.78. The molecule has 0 radical (unpaired) electrons. The molecule has 1 aliphatic heterocycles. The molecule has 0 saturated carbocycles. The number of aliphatic hydroxyl groups excluding tert-OH is 1. The normalized spacial score (nSPS) is 19.0. The zero-order chi connectivity index (χ0) is 17.7. The number of amides is 2. The van der Waals surface area contributed by atoms with Gasteiger partial charge in [-0.05, 0) is 30.4 Å². The minimum absolute atomic E-state index is 0.00161. The number of rotatable bonds is 7. The second-order valence-electron chi connectivity index (χ2n) is 6.78. The maximum atomic E-state index is 12.3. The number of nitrogens with zero attached hydrogens (tertiary/aromatic N) is 1. The number of para-hydroxylation sites is 1. The van der Waals surface area contributed by atoms with Crippen molar-refractivity contribution in [3.8, 4) is 0 Å². The molecule has 0 bridgehead atoms. The highest BCUT2D eigenvalue weighted by molar-refractivity contribution is 6.00. The van der Waals surface area contributed by atoms with Gasteiger partial charge in [0.1, 0.15) is 0 Å². The molecule has 0 spiro atoms. The molecule has 2 N–H and O–H groups in total. The number of aryl methyl sites for hydroxylation is 1. The minimum atomic E-state index is -0.413. The Kier molecular flexibility index (Phi) is 6.37. The highest BCUT2D eigenvalue weighted by Gasteiger charge is 2.35. The molecule has 0 aliphatic carbocycles. The quantitative estimate of drug-likeness (QED) is 0.803. The Morgan fingerprint density at radius 1 is 1.38 bits per heavy atom. The van der Waals surface area contributed by atoms with Crippen molar-refractivity contribution in [1.29, 1.82) is 0 Å². The maximum absolute atomic E-state index is 12.3.